The van der Waals surface area contributed by atoms with Crippen LogP contribution in [0.5, 0.6) is 0 Å². The van der Waals surface area contributed by atoms with Crippen LogP contribution in [-0.2, 0) is 23.8 Å². The van der Waals surface area contributed by atoms with Crippen LogP contribution in [0.2, 0.25) is 0 Å². The summed E-state index contributed by atoms with van der Waals surface area (Å²) in [6, 6.07) is 10.2. The molecule has 1 aliphatic rings. The van der Waals surface area contributed by atoms with Gasteiger partial charge in [0.05, 0.1) is 12.9 Å². The summed E-state index contributed by atoms with van der Waals surface area (Å²) < 4.78 is 18.4. The number of aliphatic hydroxyl groups excluding tert-OH is 1. The molecule has 1 aliphatic heterocycles. The maximum absolute atomic E-state index is 11.8. The van der Waals surface area contributed by atoms with Gasteiger partial charge in [0.2, 0.25) is 0 Å². The summed E-state index contributed by atoms with van der Waals surface area (Å²) in [6.07, 6.45) is -0.465. The first-order valence-corrected chi connectivity index (χ1v) is 12.2. The molecule has 0 saturated carbocycles. The van der Waals surface area contributed by atoms with E-state index in [9.17, 15) is 14.7 Å². The van der Waals surface area contributed by atoms with E-state index in [2.05, 4.69) is 28.2 Å². The van der Waals surface area contributed by atoms with E-state index in [0.29, 0.717) is 11.2 Å². The lowest BCUT2D eigenvalue weighted by Crippen LogP contribution is -2.40. The van der Waals surface area contributed by atoms with Crippen molar-refractivity contribution in [2.24, 2.45) is 0 Å². The van der Waals surface area contributed by atoms with Crippen molar-refractivity contribution in [1.29, 1.82) is 0 Å². The molecule has 9 nitrogen and oxygen atoms in total. The number of aliphatic hydroxyl groups is 1. The Morgan fingerprint density at radius 1 is 1.06 bits per heavy atom. The van der Waals surface area contributed by atoms with Crippen LogP contribution in [0.1, 0.15) is 20.1 Å². The summed E-state index contributed by atoms with van der Waals surface area (Å²) in [7, 11) is 0. The van der Waals surface area contributed by atoms with Crippen molar-refractivity contribution in [3.05, 3.63) is 48.2 Å². The van der Waals surface area contributed by atoms with Crippen LogP contribution in [0.4, 0.5) is 0 Å². The third-order valence-electron chi connectivity index (χ3n) is 5.44. The van der Waals surface area contributed by atoms with Gasteiger partial charge in [-0.15, -0.1) is 22.7 Å². The number of aromatic nitrogens is 3. The maximum Gasteiger partial charge on any atom is 0.303 e. The summed E-state index contributed by atoms with van der Waals surface area (Å²) in [5.74, 6) is -1.13. The van der Waals surface area contributed by atoms with E-state index in [4.69, 9.17) is 14.2 Å². The van der Waals surface area contributed by atoms with Crippen molar-refractivity contribution in [2.75, 3.05) is 6.61 Å². The summed E-state index contributed by atoms with van der Waals surface area (Å²) in [5.41, 5.74) is 2.09. The molecule has 0 bridgehead atoms. The van der Waals surface area contributed by atoms with Gasteiger partial charge in [0.25, 0.3) is 0 Å². The number of ether oxygens (including phenoxy) is 3. The van der Waals surface area contributed by atoms with E-state index in [-0.39, 0.29) is 0 Å². The van der Waals surface area contributed by atoms with E-state index in [1.54, 1.807) is 39.8 Å². The van der Waals surface area contributed by atoms with Crippen LogP contribution in [0, 0.1) is 0 Å². The number of thiophene rings is 2. The Morgan fingerprint density at radius 3 is 2.53 bits per heavy atom. The minimum Gasteiger partial charge on any atom is -0.456 e. The smallest absolute Gasteiger partial charge is 0.303 e. The molecule has 0 unspecified atom stereocenters. The Balaban J connectivity index is 1.54. The molecule has 1 N–H and O–H groups in total. The first kappa shape index (κ1) is 22.7. The number of imidazole rings is 1. The van der Waals surface area contributed by atoms with Crippen molar-refractivity contribution < 1.29 is 28.9 Å². The van der Waals surface area contributed by atoms with Gasteiger partial charge in [-0.1, -0.05) is 6.07 Å². The van der Waals surface area contributed by atoms with Crippen LogP contribution in [-0.4, -0.2) is 56.5 Å². The van der Waals surface area contributed by atoms with Crippen LogP contribution in [0.15, 0.2) is 48.2 Å². The van der Waals surface area contributed by atoms with Gasteiger partial charge < -0.3 is 19.3 Å². The zero-order valence-electron chi connectivity index (χ0n) is 18.3. The molecule has 4 atom stereocenters. The Labute approximate surface area is 202 Å². The fraction of sp³-hybridized carbons (Fsp3) is 0.304. The molecule has 4 aromatic heterocycles. The number of carbonyl (C=O) groups excluding carboxylic acids is 2. The number of hydrogen-bond acceptors (Lipinski definition) is 10. The molecule has 0 amide bonds. The van der Waals surface area contributed by atoms with Crippen molar-refractivity contribution in [3.63, 3.8) is 0 Å². The molecule has 1 fully saturated rings. The molecule has 1 saturated heterocycles. The first-order valence-electron chi connectivity index (χ1n) is 10.5. The molecule has 0 radical (unpaired) electrons. The van der Waals surface area contributed by atoms with Crippen LogP contribution in [0.25, 0.3) is 31.4 Å². The zero-order chi connectivity index (χ0) is 23.8. The van der Waals surface area contributed by atoms with Gasteiger partial charge in [0, 0.05) is 40.2 Å². The van der Waals surface area contributed by atoms with Crippen molar-refractivity contribution in [3.8, 4) is 20.2 Å². The Hall–Kier alpha value is -3.12. The minimum absolute atomic E-state index is 0.418. The molecule has 5 rings (SSSR count). The van der Waals surface area contributed by atoms with Gasteiger partial charge in [0.15, 0.2) is 24.1 Å². The highest BCUT2D eigenvalue weighted by Gasteiger charge is 2.50. The molecule has 176 valence electrons. The van der Waals surface area contributed by atoms with Crippen LogP contribution in [0.3, 0.4) is 0 Å². The SMILES string of the molecule is CC(=O)O[C@@H]1[C@H](OC(C)=O)[C@@H](CO)O[C@H]1n1cnc2c(-c3ccc(-c4cccs4)s3)ccnc21. The monoisotopic (exact) mass is 499 g/mol. The van der Waals surface area contributed by atoms with Crippen molar-refractivity contribution in [2.45, 2.75) is 38.4 Å². The number of fused-ring (bicyclic) bond motifs is 1. The third kappa shape index (κ3) is 4.11. The quantitative estimate of drug-likeness (QED) is 0.400. The summed E-state index contributed by atoms with van der Waals surface area (Å²) >= 11 is 3.35. The second kappa shape index (κ2) is 9.26. The lowest BCUT2D eigenvalue weighted by molar-refractivity contribution is -0.165. The fourth-order valence-corrected chi connectivity index (χ4v) is 5.95. The second-order valence-electron chi connectivity index (χ2n) is 7.72. The van der Waals surface area contributed by atoms with Gasteiger partial charge >= 0.3 is 11.9 Å². The molecule has 34 heavy (non-hydrogen) atoms. The number of nitrogens with zero attached hydrogens (tertiary/aromatic N) is 3. The van der Waals surface area contributed by atoms with E-state index in [0.717, 1.165) is 10.4 Å². The van der Waals surface area contributed by atoms with E-state index >= 15 is 0 Å². The molecule has 11 heteroatoms. The number of esters is 2. The predicted molar refractivity (Wildman–Crippen MR) is 126 cm³/mol. The largest absolute Gasteiger partial charge is 0.456 e. The van der Waals surface area contributed by atoms with Gasteiger partial charge in [-0.05, 0) is 29.6 Å². The van der Waals surface area contributed by atoms with Crippen LogP contribution < -0.4 is 0 Å². The first-order chi connectivity index (χ1) is 16.5. The highest BCUT2D eigenvalue weighted by Crippen LogP contribution is 2.40. The van der Waals surface area contributed by atoms with Gasteiger partial charge in [-0.2, -0.15) is 0 Å². The summed E-state index contributed by atoms with van der Waals surface area (Å²) in [6.45, 7) is 2.09. The average Bonchev–Trinajstić information content (AvgIpc) is 3.59. The Morgan fingerprint density at radius 2 is 1.82 bits per heavy atom. The van der Waals surface area contributed by atoms with Crippen molar-refractivity contribution >= 4 is 45.8 Å². The topological polar surface area (TPSA) is 113 Å². The predicted octanol–water partition coefficient (Wildman–Crippen LogP) is 3.64. The molecule has 0 spiro atoms. The summed E-state index contributed by atoms with van der Waals surface area (Å²) in [4.78, 5) is 36.0. The fourth-order valence-electron chi connectivity index (χ4n) is 4.08. The third-order valence-corrected chi connectivity index (χ3v) is 7.62. The lowest BCUT2D eigenvalue weighted by Gasteiger charge is -2.23. The van der Waals surface area contributed by atoms with Gasteiger partial charge in [-0.25, -0.2) is 9.97 Å². The molecule has 0 aliphatic carbocycles. The minimum atomic E-state index is -0.978. The summed E-state index contributed by atoms with van der Waals surface area (Å²) in [5, 5.41) is 11.9. The standard InChI is InChI=1S/C23H21N3O6S2/c1-12(28)30-20-15(10-27)32-23(21(20)31-13(2)29)26-11-25-19-14(7-8-24-22(19)26)16-5-6-18(34-16)17-4-3-9-33-17/h3-9,11,15,20-21,23,27H,10H2,1-2H3/t15-,20-,21-,23-/m1/s1. The van der Waals surface area contributed by atoms with E-state index in [1.807, 2.05) is 17.5 Å². The Kier molecular flexibility index (Phi) is 6.17. The van der Waals surface area contributed by atoms with E-state index < -0.39 is 43.1 Å². The number of rotatable bonds is 6. The highest BCUT2D eigenvalue weighted by molar-refractivity contribution is 7.23. The highest BCUT2D eigenvalue weighted by atomic mass is 32.1. The van der Waals surface area contributed by atoms with E-state index in [1.165, 1.54) is 23.6 Å². The molecule has 0 aromatic carbocycles. The number of carbonyl (C=O) groups is 2. The second-order valence-corrected chi connectivity index (χ2v) is 9.75. The van der Waals surface area contributed by atoms with Gasteiger partial charge in [-0.3, -0.25) is 14.2 Å². The van der Waals surface area contributed by atoms with Gasteiger partial charge in [0.1, 0.15) is 11.6 Å². The molecular weight excluding hydrogens is 478 g/mol. The normalized spacial score (nSPS) is 22.2. The maximum atomic E-state index is 11.8. The average molecular weight is 500 g/mol. The number of hydrogen-bond donors (Lipinski definition) is 1. The lowest BCUT2D eigenvalue weighted by atomic mass is 10.1. The van der Waals surface area contributed by atoms with Crippen molar-refractivity contribution in [1.82, 2.24) is 14.5 Å². The number of pyridine rings is 1. The molecule has 4 aromatic rings. The molecule has 5 heterocycles. The zero-order valence-corrected chi connectivity index (χ0v) is 19.9. The molecular formula is C23H21N3O6S2. The Bertz CT molecular complexity index is 1330. The van der Waals surface area contributed by atoms with Crippen LogP contribution >= 0.6 is 22.7 Å².